The van der Waals surface area contributed by atoms with E-state index in [-0.39, 0.29) is 30.5 Å². The molecule has 0 bridgehead atoms. The predicted molar refractivity (Wildman–Crippen MR) is 76.5 cm³/mol. The second-order valence-corrected chi connectivity index (χ2v) is 5.52. The van der Waals surface area contributed by atoms with Crippen LogP contribution in [0.5, 0.6) is 0 Å². The first-order valence-corrected chi connectivity index (χ1v) is 7.49. The van der Waals surface area contributed by atoms with E-state index in [1.165, 1.54) is 0 Å². The fraction of sp³-hybridized carbons (Fsp3) is 0.667. The minimum absolute atomic E-state index is 0.0244. The minimum atomic E-state index is -0.592. The van der Waals surface area contributed by atoms with Gasteiger partial charge in [0.2, 0.25) is 5.69 Å². The summed E-state index contributed by atoms with van der Waals surface area (Å²) in [6, 6.07) is -0.298. The van der Waals surface area contributed by atoms with Crippen LogP contribution in [0.25, 0.3) is 0 Å². The lowest BCUT2D eigenvalue weighted by molar-refractivity contribution is -0.0530. The summed E-state index contributed by atoms with van der Waals surface area (Å²) in [4.78, 5) is 25.6. The van der Waals surface area contributed by atoms with Gasteiger partial charge in [0.15, 0.2) is 5.00 Å². The number of hydrogen-bond acceptors (Lipinski definition) is 7. The molecule has 0 unspecified atom stereocenters. The topological polar surface area (TPSA) is 93.7 Å². The number of hydrogen-bond donors (Lipinski definition) is 1. The molecule has 2 rings (SSSR count). The van der Waals surface area contributed by atoms with E-state index in [9.17, 15) is 9.59 Å². The van der Waals surface area contributed by atoms with Crippen molar-refractivity contribution < 1.29 is 19.1 Å². The number of morpholine rings is 1. The fourth-order valence-electron chi connectivity index (χ4n) is 2.13. The Kier molecular flexibility index (Phi) is 5.07. The Hall–Kier alpha value is -1.74. The number of rotatable bonds is 3. The first-order chi connectivity index (χ1) is 10.0. The van der Waals surface area contributed by atoms with E-state index in [1.807, 2.05) is 13.8 Å². The average Bonchev–Trinajstić information content (AvgIpc) is 2.86. The Labute approximate surface area is 126 Å². The van der Waals surface area contributed by atoms with E-state index in [0.29, 0.717) is 18.1 Å². The maximum Gasteiger partial charge on any atom is 0.362 e. The molecule has 1 fully saturated rings. The Morgan fingerprint density at radius 2 is 2.10 bits per heavy atom. The van der Waals surface area contributed by atoms with E-state index in [2.05, 4.69) is 14.9 Å². The van der Waals surface area contributed by atoms with Crippen LogP contribution in [0.2, 0.25) is 0 Å². The number of carbonyl (C=O) groups excluding carboxylic acids is 2. The third-order valence-corrected chi connectivity index (χ3v) is 3.53. The molecule has 1 saturated heterocycles. The first kappa shape index (κ1) is 15.6. The minimum Gasteiger partial charge on any atom is -0.461 e. The van der Waals surface area contributed by atoms with Crippen LogP contribution < -0.4 is 5.32 Å². The summed E-state index contributed by atoms with van der Waals surface area (Å²) in [6.45, 7) is 6.76. The number of esters is 1. The number of aromatic nitrogens is 2. The maximum atomic E-state index is 12.2. The van der Waals surface area contributed by atoms with Crippen molar-refractivity contribution in [3.63, 3.8) is 0 Å². The third kappa shape index (κ3) is 3.88. The molecule has 1 aromatic heterocycles. The van der Waals surface area contributed by atoms with Gasteiger partial charge in [0.1, 0.15) is 0 Å². The Morgan fingerprint density at radius 1 is 1.43 bits per heavy atom. The lowest BCUT2D eigenvalue weighted by Crippen LogP contribution is -2.49. The normalized spacial score (nSPS) is 22.0. The highest BCUT2D eigenvalue weighted by atomic mass is 32.1. The quantitative estimate of drug-likeness (QED) is 0.847. The first-order valence-electron chi connectivity index (χ1n) is 6.72. The largest absolute Gasteiger partial charge is 0.461 e. The summed E-state index contributed by atoms with van der Waals surface area (Å²) in [5.74, 6) is -0.592. The highest BCUT2D eigenvalue weighted by molar-refractivity contribution is 7.10. The number of anilines is 1. The molecule has 2 heterocycles. The molecule has 21 heavy (non-hydrogen) atoms. The molecule has 0 spiro atoms. The zero-order valence-electron chi connectivity index (χ0n) is 12.2. The van der Waals surface area contributed by atoms with Crippen LogP contribution in [-0.4, -0.2) is 58.4 Å². The summed E-state index contributed by atoms with van der Waals surface area (Å²) < 4.78 is 14.1. The zero-order valence-corrected chi connectivity index (χ0v) is 13.0. The van der Waals surface area contributed by atoms with Gasteiger partial charge in [-0.2, -0.15) is 0 Å². The molecular formula is C12H18N4O4S. The van der Waals surface area contributed by atoms with Crippen LogP contribution >= 0.6 is 11.5 Å². The number of urea groups is 1. The Balaban J connectivity index is 2.03. The van der Waals surface area contributed by atoms with E-state index in [1.54, 1.807) is 11.8 Å². The number of amides is 2. The highest BCUT2D eigenvalue weighted by Gasteiger charge is 2.27. The monoisotopic (exact) mass is 314 g/mol. The number of carbonyl (C=O) groups is 2. The molecule has 0 aliphatic carbocycles. The summed E-state index contributed by atoms with van der Waals surface area (Å²) in [7, 11) is 0. The molecule has 1 N–H and O–H groups in total. The summed E-state index contributed by atoms with van der Waals surface area (Å²) in [6.07, 6.45) is -0.0489. The van der Waals surface area contributed by atoms with Gasteiger partial charge in [0, 0.05) is 24.6 Å². The van der Waals surface area contributed by atoms with Crippen LogP contribution in [0.4, 0.5) is 9.80 Å². The van der Waals surface area contributed by atoms with Crippen LogP contribution in [0.3, 0.4) is 0 Å². The Bertz CT molecular complexity index is 511. The summed E-state index contributed by atoms with van der Waals surface area (Å²) >= 11 is 0.946. The smallest absolute Gasteiger partial charge is 0.362 e. The molecule has 1 aromatic rings. The molecule has 2 atom stereocenters. The number of ether oxygens (including phenoxy) is 2. The van der Waals surface area contributed by atoms with Crippen LogP contribution in [0.1, 0.15) is 31.3 Å². The van der Waals surface area contributed by atoms with Crippen molar-refractivity contribution in [3.05, 3.63) is 5.69 Å². The fourth-order valence-corrected chi connectivity index (χ4v) is 2.67. The van der Waals surface area contributed by atoms with Gasteiger partial charge < -0.3 is 14.4 Å². The Morgan fingerprint density at radius 3 is 2.71 bits per heavy atom. The van der Waals surface area contributed by atoms with E-state index in [4.69, 9.17) is 9.47 Å². The van der Waals surface area contributed by atoms with Crippen molar-refractivity contribution in [1.29, 1.82) is 0 Å². The molecule has 9 heteroatoms. The van der Waals surface area contributed by atoms with Crippen LogP contribution in [0.15, 0.2) is 0 Å². The van der Waals surface area contributed by atoms with E-state index >= 15 is 0 Å². The van der Waals surface area contributed by atoms with Crippen molar-refractivity contribution in [1.82, 2.24) is 14.5 Å². The average molecular weight is 314 g/mol. The lowest BCUT2D eigenvalue weighted by atomic mass is 10.2. The van der Waals surface area contributed by atoms with Crippen molar-refractivity contribution >= 4 is 28.5 Å². The molecule has 1 aliphatic rings. The predicted octanol–water partition coefficient (Wildman–Crippen LogP) is 1.36. The molecule has 116 valence electrons. The van der Waals surface area contributed by atoms with Gasteiger partial charge in [0.05, 0.1) is 18.8 Å². The van der Waals surface area contributed by atoms with E-state index in [0.717, 1.165) is 11.5 Å². The number of nitrogens with one attached hydrogen (secondary N) is 1. The van der Waals surface area contributed by atoms with Gasteiger partial charge in [-0.25, -0.2) is 9.59 Å². The van der Waals surface area contributed by atoms with Crippen molar-refractivity contribution in [2.45, 2.75) is 33.0 Å². The van der Waals surface area contributed by atoms with Crippen LogP contribution in [-0.2, 0) is 9.47 Å². The summed E-state index contributed by atoms with van der Waals surface area (Å²) in [5.41, 5.74) is 0.0320. The number of nitrogens with zero attached hydrogens (tertiary/aromatic N) is 3. The molecular weight excluding hydrogens is 296 g/mol. The second kappa shape index (κ2) is 6.81. The highest BCUT2D eigenvalue weighted by Crippen LogP contribution is 2.20. The van der Waals surface area contributed by atoms with Gasteiger partial charge in [-0.15, -0.1) is 5.10 Å². The molecule has 0 radical (unpaired) electrons. The van der Waals surface area contributed by atoms with Gasteiger partial charge >= 0.3 is 12.0 Å². The van der Waals surface area contributed by atoms with Crippen molar-refractivity contribution in [2.75, 3.05) is 25.0 Å². The van der Waals surface area contributed by atoms with Crippen LogP contribution in [0, 0.1) is 0 Å². The zero-order chi connectivity index (χ0) is 15.4. The van der Waals surface area contributed by atoms with Crippen molar-refractivity contribution in [2.24, 2.45) is 0 Å². The van der Waals surface area contributed by atoms with Gasteiger partial charge in [0.25, 0.3) is 0 Å². The lowest BCUT2D eigenvalue weighted by Gasteiger charge is -2.35. The molecule has 2 amide bonds. The second-order valence-electron chi connectivity index (χ2n) is 4.76. The molecule has 0 saturated carbocycles. The SMILES string of the molecule is CCOC(=O)c1nnsc1NC(=O)N1C[C@H](C)O[C@@H](C)C1. The van der Waals surface area contributed by atoms with Gasteiger partial charge in [-0.05, 0) is 20.8 Å². The van der Waals surface area contributed by atoms with Gasteiger partial charge in [-0.3, -0.25) is 5.32 Å². The van der Waals surface area contributed by atoms with Gasteiger partial charge in [-0.1, -0.05) is 4.49 Å². The summed E-state index contributed by atoms with van der Waals surface area (Å²) in [5, 5.41) is 6.66. The van der Waals surface area contributed by atoms with E-state index < -0.39 is 5.97 Å². The molecule has 0 aromatic carbocycles. The standard InChI is InChI=1S/C12H18N4O4S/c1-4-19-11(17)9-10(21-15-14-9)13-12(18)16-5-7(2)20-8(3)6-16/h7-8H,4-6H2,1-3H3,(H,13,18)/t7-,8-/m0/s1. The van der Waals surface area contributed by atoms with Crippen molar-refractivity contribution in [3.8, 4) is 0 Å². The molecule has 8 nitrogen and oxygen atoms in total. The third-order valence-electron chi connectivity index (χ3n) is 2.88. The maximum absolute atomic E-state index is 12.2. The molecule has 1 aliphatic heterocycles.